The highest BCUT2D eigenvalue weighted by Gasteiger charge is 2.40. The number of esters is 1. The zero-order chi connectivity index (χ0) is 20.9. The molecule has 0 bridgehead atoms. The summed E-state index contributed by atoms with van der Waals surface area (Å²) < 4.78 is 25.0. The molecule has 1 atom stereocenters. The predicted octanol–water partition coefficient (Wildman–Crippen LogP) is 5.54. The Balaban J connectivity index is 1.71. The second-order valence-corrected chi connectivity index (χ2v) is 10.7. The second-order valence-electron chi connectivity index (χ2n) is 7.77. The van der Waals surface area contributed by atoms with E-state index < -0.39 is 18.6 Å². The van der Waals surface area contributed by atoms with E-state index in [0.717, 1.165) is 16.3 Å². The van der Waals surface area contributed by atoms with Crippen LogP contribution < -0.4 is 9.61 Å². The number of carbonyl (C=O) groups excluding carboxylic acids is 1. The number of rotatable bonds is 7. The summed E-state index contributed by atoms with van der Waals surface area (Å²) >= 11 is 0. The predicted molar refractivity (Wildman–Crippen MR) is 116 cm³/mol. The average Bonchev–Trinajstić information content (AvgIpc) is 2.71. The van der Waals surface area contributed by atoms with Crippen LogP contribution in [0, 0.1) is 0 Å². The van der Waals surface area contributed by atoms with Crippen molar-refractivity contribution in [2.45, 2.75) is 32.5 Å². The Labute approximate surface area is 171 Å². The number of hydrogen-bond acceptors (Lipinski definition) is 4. The van der Waals surface area contributed by atoms with Gasteiger partial charge in [-0.1, -0.05) is 66.7 Å². The van der Waals surface area contributed by atoms with Crippen molar-refractivity contribution in [1.29, 1.82) is 0 Å². The summed E-state index contributed by atoms with van der Waals surface area (Å²) in [5, 5.41) is 3.99. The lowest BCUT2D eigenvalue weighted by Crippen LogP contribution is -2.33. The smallest absolute Gasteiger partial charge is 0.322 e. The summed E-state index contributed by atoms with van der Waals surface area (Å²) in [6.07, 6.45) is 0. The van der Waals surface area contributed by atoms with Crippen LogP contribution >= 0.6 is 7.52 Å². The van der Waals surface area contributed by atoms with Gasteiger partial charge in [0, 0.05) is 5.39 Å². The van der Waals surface area contributed by atoms with Crippen LogP contribution in [-0.4, -0.2) is 17.7 Å². The van der Waals surface area contributed by atoms with E-state index in [2.05, 4.69) is 5.09 Å². The Morgan fingerprint density at radius 1 is 0.931 bits per heavy atom. The Bertz CT molecular complexity index is 1020. The summed E-state index contributed by atoms with van der Waals surface area (Å²) in [7, 11) is -3.43. The molecule has 0 fully saturated rings. The standard InChI is InChI=1S/C23H26NO4P/c1-23(2,3)29(26,24-16-22(25)27-17-18-10-5-4-6-11-18)28-21-15-9-13-19-12-7-8-14-20(19)21/h4-15H,16-17H2,1-3H3,(H,24,26). The van der Waals surface area contributed by atoms with Crippen LogP contribution in [0.25, 0.3) is 10.8 Å². The normalized spacial score (nSPS) is 13.6. The summed E-state index contributed by atoms with van der Waals surface area (Å²) in [4.78, 5) is 12.2. The van der Waals surface area contributed by atoms with Crippen LogP contribution in [0.15, 0.2) is 72.8 Å². The number of fused-ring (bicyclic) bond motifs is 1. The molecule has 0 aliphatic rings. The molecule has 3 aromatic carbocycles. The molecule has 0 aromatic heterocycles. The summed E-state index contributed by atoms with van der Waals surface area (Å²) in [6.45, 7) is 5.43. The molecule has 1 N–H and O–H groups in total. The fourth-order valence-corrected chi connectivity index (χ4v) is 4.36. The molecule has 0 aliphatic heterocycles. The maximum absolute atomic E-state index is 13.7. The molecule has 0 aliphatic carbocycles. The van der Waals surface area contributed by atoms with E-state index in [1.165, 1.54) is 0 Å². The lowest BCUT2D eigenvalue weighted by Gasteiger charge is -2.31. The second kappa shape index (κ2) is 8.81. The van der Waals surface area contributed by atoms with Crippen molar-refractivity contribution >= 4 is 24.3 Å². The van der Waals surface area contributed by atoms with Crippen LogP contribution in [-0.2, 0) is 20.7 Å². The molecular weight excluding hydrogens is 385 g/mol. The van der Waals surface area contributed by atoms with Crippen LogP contribution in [0.3, 0.4) is 0 Å². The van der Waals surface area contributed by atoms with Gasteiger partial charge in [-0.3, -0.25) is 9.36 Å². The van der Waals surface area contributed by atoms with Gasteiger partial charge in [0.1, 0.15) is 18.9 Å². The van der Waals surface area contributed by atoms with Gasteiger partial charge in [0.05, 0.1) is 5.16 Å². The van der Waals surface area contributed by atoms with Gasteiger partial charge in [0.15, 0.2) is 0 Å². The first-order valence-electron chi connectivity index (χ1n) is 9.51. The molecule has 0 heterocycles. The first-order chi connectivity index (χ1) is 13.8. The Morgan fingerprint density at radius 2 is 1.59 bits per heavy atom. The number of nitrogens with one attached hydrogen (secondary N) is 1. The van der Waals surface area contributed by atoms with Crippen molar-refractivity contribution in [1.82, 2.24) is 5.09 Å². The summed E-state index contributed by atoms with van der Waals surface area (Å²) in [5.74, 6) is 0.0337. The maximum Gasteiger partial charge on any atom is 0.322 e. The highest BCUT2D eigenvalue weighted by molar-refractivity contribution is 7.59. The van der Waals surface area contributed by atoms with Gasteiger partial charge < -0.3 is 9.26 Å². The van der Waals surface area contributed by atoms with Crippen molar-refractivity contribution in [3.8, 4) is 5.75 Å². The van der Waals surface area contributed by atoms with Crippen LogP contribution in [0.2, 0.25) is 0 Å². The molecule has 29 heavy (non-hydrogen) atoms. The fraction of sp³-hybridized carbons (Fsp3) is 0.261. The van der Waals surface area contributed by atoms with E-state index in [4.69, 9.17) is 9.26 Å². The van der Waals surface area contributed by atoms with Crippen molar-refractivity contribution in [2.24, 2.45) is 0 Å². The van der Waals surface area contributed by atoms with Crippen molar-refractivity contribution < 1.29 is 18.6 Å². The topological polar surface area (TPSA) is 64.6 Å². The SMILES string of the molecule is CC(C)(C)P(=O)(NCC(=O)OCc1ccccc1)Oc1cccc2ccccc12. The average molecular weight is 411 g/mol. The molecule has 3 rings (SSSR count). The Hall–Kier alpha value is -2.62. The molecule has 1 unspecified atom stereocenters. The van der Waals surface area contributed by atoms with Gasteiger partial charge in [-0.2, -0.15) is 0 Å². The molecule has 0 amide bonds. The molecule has 0 saturated carbocycles. The Morgan fingerprint density at radius 3 is 2.31 bits per heavy atom. The molecular formula is C23H26NO4P. The van der Waals surface area contributed by atoms with Crippen LogP contribution in [0.1, 0.15) is 26.3 Å². The van der Waals surface area contributed by atoms with Crippen molar-refractivity contribution in [3.63, 3.8) is 0 Å². The van der Waals surface area contributed by atoms with Crippen molar-refractivity contribution in [2.75, 3.05) is 6.54 Å². The first kappa shape index (κ1) is 21.1. The van der Waals surface area contributed by atoms with Gasteiger partial charge in [-0.25, -0.2) is 5.09 Å². The van der Waals surface area contributed by atoms with Crippen LogP contribution in [0.4, 0.5) is 0 Å². The lowest BCUT2D eigenvalue weighted by molar-refractivity contribution is -0.143. The first-order valence-corrected chi connectivity index (χ1v) is 11.1. The lowest BCUT2D eigenvalue weighted by atomic mass is 10.1. The van der Waals surface area contributed by atoms with Gasteiger partial charge in [0.2, 0.25) is 0 Å². The van der Waals surface area contributed by atoms with E-state index in [1.807, 2.05) is 87.5 Å². The van der Waals surface area contributed by atoms with E-state index in [9.17, 15) is 9.36 Å². The molecule has 0 radical (unpaired) electrons. The highest BCUT2D eigenvalue weighted by atomic mass is 31.2. The summed E-state index contributed by atoms with van der Waals surface area (Å²) in [6, 6.07) is 22.8. The number of hydrogen-bond donors (Lipinski definition) is 1. The molecule has 3 aromatic rings. The molecule has 6 heteroatoms. The van der Waals surface area contributed by atoms with E-state index in [-0.39, 0.29) is 13.2 Å². The van der Waals surface area contributed by atoms with Gasteiger partial charge >= 0.3 is 13.5 Å². The minimum absolute atomic E-state index is 0.172. The zero-order valence-electron chi connectivity index (χ0n) is 16.9. The van der Waals surface area contributed by atoms with Gasteiger partial charge in [0.25, 0.3) is 0 Å². The third kappa shape index (κ3) is 5.26. The quantitative estimate of drug-likeness (QED) is 0.408. The molecule has 5 nitrogen and oxygen atoms in total. The Kier molecular flexibility index (Phi) is 6.41. The minimum Gasteiger partial charge on any atom is -0.460 e. The largest absolute Gasteiger partial charge is 0.460 e. The third-order valence-corrected chi connectivity index (χ3v) is 7.33. The fourth-order valence-electron chi connectivity index (χ4n) is 2.78. The van der Waals surface area contributed by atoms with E-state index >= 15 is 0 Å². The van der Waals surface area contributed by atoms with Gasteiger partial charge in [-0.15, -0.1) is 0 Å². The van der Waals surface area contributed by atoms with E-state index in [1.54, 1.807) is 6.07 Å². The number of benzene rings is 3. The van der Waals surface area contributed by atoms with Crippen LogP contribution in [0.5, 0.6) is 5.75 Å². The minimum atomic E-state index is -3.43. The highest BCUT2D eigenvalue weighted by Crippen LogP contribution is 2.55. The van der Waals surface area contributed by atoms with Crippen molar-refractivity contribution in [3.05, 3.63) is 78.4 Å². The molecule has 152 valence electrons. The maximum atomic E-state index is 13.7. The van der Waals surface area contributed by atoms with Gasteiger partial charge in [-0.05, 0) is 37.8 Å². The molecule has 0 spiro atoms. The summed E-state index contributed by atoms with van der Waals surface area (Å²) in [5.41, 5.74) is 0.895. The number of ether oxygens (including phenoxy) is 1. The van der Waals surface area contributed by atoms with E-state index in [0.29, 0.717) is 5.75 Å². The monoisotopic (exact) mass is 411 g/mol. The third-order valence-electron chi connectivity index (χ3n) is 4.53. The molecule has 0 saturated heterocycles. The number of carbonyl (C=O) groups is 1. The zero-order valence-corrected chi connectivity index (χ0v) is 17.8.